The zero-order valence-electron chi connectivity index (χ0n) is 17.7. The minimum absolute atomic E-state index is 0.115. The van der Waals surface area contributed by atoms with Crippen LogP contribution in [0.1, 0.15) is 40.6 Å². The normalized spacial score (nSPS) is 19.7. The number of methoxy groups -OCH3 is 1. The van der Waals surface area contributed by atoms with E-state index in [9.17, 15) is 18.0 Å². The quantitative estimate of drug-likeness (QED) is 0.590. The van der Waals surface area contributed by atoms with E-state index in [1.54, 1.807) is 0 Å². The van der Waals surface area contributed by atoms with Crippen molar-refractivity contribution in [1.82, 2.24) is 9.21 Å². The topological polar surface area (TPSA) is 96.0 Å². The second-order valence-electron chi connectivity index (χ2n) is 7.64. The standard InChI is InChI=1S/C20H24ClN3O5S3/c1-3-23-10-8-12-14(11-23)30-19(17(12)20(26)29-2)22-18(25)13-5-4-9-24(13)32(27,28)16-7-6-15(21)31-16/h6-7,13H,3-5,8-11H2,1-2H3,(H,22,25). The number of hydrogen-bond acceptors (Lipinski definition) is 8. The summed E-state index contributed by atoms with van der Waals surface area (Å²) in [5, 5.41) is 3.27. The SMILES string of the molecule is CCN1CCc2c(sc(NC(=O)C3CCCN3S(=O)(=O)c3ccc(Cl)s3)c2C(=O)OC)C1. The van der Waals surface area contributed by atoms with Gasteiger partial charge in [-0.1, -0.05) is 18.5 Å². The molecule has 1 atom stereocenters. The summed E-state index contributed by atoms with van der Waals surface area (Å²) in [6.45, 7) is 4.77. The van der Waals surface area contributed by atoms with Crippen LogP contribution in [0.4, 0.5) is 5.00 Å². The van der Waals surface area contributed by atoms with Gasteiger partial charge in [-0.05, 0) is 43.5 Å². The van der Waals surface area contributed by atoms with Crippen LogP contribution in [0, 0.1) is 0 Å². The molecule has 174 valence electrons. The van der Waals surface area contributed by atoms with Gasteiger partial charge >= 0.3 is 5.97 Å². The first kappa shape index (κ1) is 23.7. The summed E-state index contributed by atoms with van der Waals surface area (Å²) in [7, 11) is -2.52. The first-order chi connectivity index (χ1) is 15.3. The predicted molar refractivity (Wildman–Crippen MR) is 125 cm³/mol. The predicted octanol–water partition coefficient (Wildman–Crippen LogP) is 3.42. The summed E-state index contributed by atoms with van der Waals surface area (Å²) in [5.74, 6) is -0.934. The molecule has 0 saturated carbocycles. The third kappa shape index (κ3) is 4.34. The highest BCUT2D eigenvalue weighted by Gasteiger charge is 2.41. The number of nitrogens with zero attached hydrogens (tertiary/aromatic N) is 2. The molecule has 0 bridgehead atoms. The molecule has 1 saturated heterocycles. The zero-order valence-corrected chi connectivity index (χ0v) is 20.9. The fourth-order valence-corrected chi connectivity index (χ4v) is 8.72. The Morgan fingerprint density at radius 2 is 2.06 bits per heavy atom. The molecule has 2 aliphatic heterocycles. The molecule has 0 radical (unpaired) electrons. The lowest BCUT2D eigenvalue weighted by molar-refractivity contribution is -0.119. The Hall–Kier alpha value is -1.50. The first-order valence-electron chi connectivity index (χ1n) is 10.3. The van der Waals surface area contributed by atoms with Crippen LogP contribution in [0.2, 0.25) is 4.34 Å². The van der Waals surface area contributed by atoms with Gasteiger partial charge in [-0.15, -0.1) is 22.7 Å². The molecular weight excluding hydrogens is 494 g/mol. The fraction of sp³-hybridized carbons (Fsp3) is 0.500. The number of fused-ring (bicyclic) bond motifs is 1. The number of esters is 1. The molecule has 1 N–H and O–H groups in total. The number of amides is 1. The molecule has 32 heavy (non-hydrogen) atoms. The van der Waals surface area contributed by atoms with Gasteiger partial charge in [0.05, 0.1) is 17.0 Å². The molecule has 1 fully saturated rings. The van der Waals surface area contributed by atoms with Crippen molar-refractivity contribution in [2.45, 2.75) is 43.0 Å². The van der Waals surface area contributed by atoms with Gasteiger partial charge in [0.15, 0.2) is 0 Å². The summed E-state index contributed by atoms with van der Waals surface area (Å²) < 4.78 is 32.9. The maximum atomic E-state index is 13.2. The molecule has 0 aromatic carbocycles. The maximum absolute atomic E-state index is 13.2. The molecule has 4 heterocycles. The van der Waals surface area contributed by atoms with E-state index in [0.29, 0.717) is 40.7 Å². The molecular formula is C20H24ClN3O5S3. The number of carbonyl (C=O) groups excluding carboxylic acids is 2. The van der Waals surface area contributed by atoms with Gasteiger partial charge in [0, 0.05) is 24.5 Å². The number of anilines is 1. The Kier molecular flexibility index (Phi) is 6.94. The number of carbonyl (C=O) groups is 2. The van der Waals surface area contributed by atoms with Gasteiger partial charge in [0.25, 0.3) is 10.0 Å². The highest BCUT2D eigenvalue weighted by Crippen LogP contribution is 2.38. The van der Waals surface area contributed by atoms with Crippen molar-refractivity contribution in [1.29, 1.82) is 0 Å². The van der Waals surface area contributed by atoms with Crippen molar-refractivity contribution in [2.24, 2.45) is 0 Å². The van der Waals surface area contributed by atoms with E-state index >= 15 is 0 Å². The number of sulfonamides is 1. The van der Waals surface area contributed by atoms with E-state index in [0.717, 1.165) is 34.9 Å². The van der Waals surface area contributed by atoms with Crippen molar-refractivity contribution in [2.75, 3.05) is 32.1 Å². The maximum Gasteiger partial charge on any atom is 0.341 e. The van der Waals surface area contributed by atoms with Gasteiger partial charge in [-0.25, -0.2) is 13.2 Å². The summed E-state index contributed by atoms with van der Waals surface area (Å²) in [5.41, 5.74) is 1.29. The van der Waals surface area contributed by atoms with Crippen LogP contribution in [-0.2, 0) is 32.5 Å². The van der Waals surface area contributed by atoms with Gasteiger partial charge in [-0.2, -0.15) is 4.31 Å². The van der Waals surface area contributed by atoms with Crippen molar-refractivity contribution in [3.8, 4) is 0 Å². The van der Waals surface area contributed by atoms with E-state index in [-0.39, 0.29) is 10.8 Å². The highest BCUT2D eigenvalue weighted by atomic mass is 35.5. The summed E-state index contributed by atoms with van der Waals surface area (Å²) in [4.78, 5) is 29.0. The molecule has 1 amide bonds. The fourth-order valence-electron chi connectivity index (χ4n) is 4.17. The largest absolute Gasteiger partial charge is 0.465 e. The van der Waals surface area contributed by atoms with Crippen LogP contribution in [-0.4, -0.2) is 62.3 Å². The molecule has 8 nitrogen and oxygen atoms in total. The number of nitrogens with one attached hydrogen (secondary N) is 1. The minimum Gasteiger partial charge on any atom is -0.465 e. The molecule has 2 aromatic heterocycles. The van der Waals surface area contributed by atoms with Crippen LogP contribution >= 0.6 is 34.3 Å². The van der Waals surface area contributed by atoms with Crippen LogP contribution in [0.5, 0.6) is 0 Å². The molecule has 0 aliphatic carbocycles. The number of likely N-dealkylation sites (N-methyl/N-ethyl adjacent to an activating group) is 1. The lowest BCUT2D eigenvalue weighted by Gasteiger charge is -2.25. The minimum atomic E-state index is -3.84. The summed E-state index contributed by atoms with van der Waals surface area (Å²) in [6.07, 6.45) is 1.68. The highest BCUT2D eigenvalue weighted by molar-refractivity contribution is 7.91. The van der Waals surface area contributed by atoms with Crippen molar-refractivity contribution in [3.05, 3.63) is 32.5 Å². The van der Waals surface area contributed by atoms with Crippen LogP contribution < -0.4 is 5.32 Å². The Balaban J connectivity index is 1.61. The van der Waals surface area contributed by atoms with E-state index in [4.69, 9.17) is 16.3 Å². The van der Waals surface area contributed by atoms with E-state index in [2.05, 4.69) is 17.1 Å². The van der Waals surface area contributed by atoms with E-state index in [1.165, 1.54) is 34.9 Å². The van der Waals surface area contributed by atoms with Gasteiger partial charge in [-0.3, -0.25) is 9.69 Å². The average Bonchev–Trinajstić information content (AvgIpc) is 3.50. The van der Waals surface area contributed by atoms with Gasteiger partial charge < -0.3 is 10.1 Å². The smallest absolute Gasteiger partial charge is 0.341 e. The third-order valence-electron chi connectivity index (χ3n) is 5.83. The summed E-state index contributed by atoms with van der Waals surface area (Å²) in [6, 6.07) is 2.14. The lowest BCUT2D eigenvalue weighted by Crippen LogP contribution is -2.42. The van der Waals surface area contributed by atoms with Gasteiger partial charge in [0.1, 0.15) is 15.3 Å². The Labute approximate surface area is 200 Å². The number of hydrogen-bond donors (Lipinski definition) is 1. The number of thiophene rings is 2. The molecule has 2 aliphatic rings. The molecule has 2 aromatic rings. The van der Waals surface area contributed by atoms with Gasteiger partial charge in [0.2, 0.25) is 5.91 Å². The number of ether oxygens (including phenoxy) is 1. The second kappa shape index (κ2) is 9.40. The van der Waals surface area contributed by atoms with Crippen molar-refractivity contribution < 1.29 is 22.7 Å². The van der Waals surface area contributed by atoms with Crippen LogP contribution in [0.3, 0.4) is 0 Å². The van der Waals surface area contributed by atoms with Crippen molar-refractivity contribution in [3.63, 3.8) is 0 Å². The van der Waals surface area contributed by atoms with Crippen LogP contribution in [0.15, 0.2) is 16.3 Å². The molecule has 0 spiro atoms. The molecule has 1 unspecified atom stereocenters. The summed E-state index contributed by atoms with van der Waals surface area (Å²) >= 11 is 8.25. The molecule has 12 heteroatoms. The Morgan fingerprint density at radius 1 is 1.28 bits per heavy atom. The Morgan fingerprint density at radius 3 is 2.72 bits per heavy atom. The average molecular weight is 518 g/mol. The lowest BCUT2D eigenvalue weighted by atomic mass is 10.0. The second-order valence-corrected chi connectivity index (χ2v) is 12.6. The third-order valence-corrected chi connectivity index (χ3v) is 10.6. The Bertz CT molecular complexity index is 1140. The number of rotatable bonds is 6. The van der Waals surface area contributed by atoms with Crippen LogP contribution in [0.25, 0.3) is 0 Å². The first-order valence-corrected chi connectivity index (χ1v) is 13.7. The van der Waals surface area contributed by atoms with E-state index < -0.39 is 27.9 Å². The molecule has 4 rings (SSSR count). The number of halogens is 1. The van der Waals surface area contributed by atoms with E-state index in [1.807, 2.05) is 0 Å². The van der Waals surface area contributed by atoms with Crippen molar-refractivity contribution >= 4 is 61.2 Å². The zero-order chi connectivity index (χ0) is 23.0. The monoisotopic (exact) mass is 517 g/mol.